The minimum absolute atomic E-state index is 0.00613. The van der Waals surface area contributed by atoms with Gasteiger partial charge in [0.2, 0.25) is 5.91 Å². The number of carbonyl (C=O) groups is 3. The van der Waals surface area contributed by atoms with Crippen molar-refractivity contribution >= 4 is 29.5 Å². The van der Waals surface area contributed by atoms with E-state index in [1.165, 1.54) is 23.1 Å². The first kappa shape index (κ1) is 26.3. The monoisotopic (exact) mass is 482 g/mol. The normalized spacial score (nSPS) is 35.2. The summed E-state index contributed by atoms with van der Waals surface area (Å²) < 4.78 is 6.15. The highest BCUT2D eigenvalue weighted by Crippen LogP contribution is 2.51. The van der Waals surface area contributed by atoms with Gasteiger partial charge in [-0.15, -0.1) is 11.8 Å². The second kappa shape index (κ2) is 9.40. The van der Waals surface area contributed by atoms with E-state index in [4.69, 9.17) is 4.74 Å². The van der Waals surface area contributed by atoms with Crippen LogP contribution in [0.4, 0.5) is 0 Å². The van der Waals surface area contributed by atoms with Gasteiger partial charge < -0.3 is 20.1 Å². The molecular weight excluding hydrogens is 440 g/mol. The number of thioether (sulfide) groups is 1. The third-order valence-corrected chi connectivity index (χ3v) is 9.70. The van der Waals surface area contributed by atoms with Crippen LogP contribution in [0.1, 0.15) is 81.1 Å². The topological polar surface area (TPSA) is 95.9 Å². The first-order valence-corrected chi connectivity index (χ1v) is 13.4. The van der Waals surface area contributed by atoms with E-state index >= 15 is 0 Å². The fourth-order valence-electron chi connectivity index (χ4n) is 6.03. The molecule has 3 rings (SSSR count). The Balaban J connectivity index is 1.81. The fourth-order valence-corrected chi connectivity index (χ4v) is 7.66. The van der Waals surface area contributed by atoms with Gasteiger partial charge >= 0.3 is 5.97 Å². The molecule has 1 saturated carbocycles. The Morgan fingerprint density at radius 3 is 2.42 bits per heavy atom. The Morgan fingerprint density at radius 1 is 1.27 bits per heavy atom. The van der Waals surface area contributed by atoms with Crippen molar-refractivity contribution in [3.63, 3.8) is 0 Å². The zero-order valence-corrected chi connectivity index (χ0v) is 22.2. The van der Waals surface area contributed by atoms with Crippen LogP contribution in [0.3, 0.4) is 0 Å². The number of carboxylic acids is 1. The minimum atomic E-state index is -1.03. The lowest BCUT2D eigenvalue weighted by molar-refractivity contribution is -0.184. The third kappa shape index (κ3) is 4.54. The van der Waals surface area contributed by atoms with Gasteiger partial charge in [0, 0.05) is 4.75 Å². The number of carboxylic acid groups (broad SMARTS) is 1. The van der Waals surface area contributed by atoms with Crippen molar-refractivity contribution in [1.29, 1.82) is 0 Å². The number of amides is 2. The lowest BCUT2D eigenvalue weighted by atomic mass is 9.74. The average Bonchev–Trinajstić information content (AvgIpc) is 2.97. The first-order chi connectivity index (χ1) is 15.3. The number of β-lactam (4-membered cyclic amide) rings is 1. The maximum Gasteiger partial charge on any atom is 0.327 e. The number of aliphatic carboxylic acids is 1. The molecule has 8 heteroatoms. The van der Waals surface area contributed by atoms with E-state index in [1.807, 2.05) is 34.6 Å². The molecule has 0 aromatic heterocycles. The summed E-state index contributed by atoms with van der Waals surface area (Å²) >= 11 is 1.44. The Kier molecular flexibility index (Phi) is 7.50. The number of ether oxygens (including phenoxy) is 1. The van der Waals surface area contributed by atoms with Crippen molar-refractivity contribution in [2.45, 2.75) is 115 Å². The predicted molar refractivity (Wildman–Crippen MR) is 130 cm³/mol. The van der Waals surface area contributed by atoms with Crippen LogP contribution in [0.25, 0.3) is 0 Å². The maximum atomic E-state index is 13.8. The van der Waals surface area contributed by atoms with Crippen molar-refractivity contribution in [3.05, 3.63) is 0 Å². The van der Waals surface area contributed by atoms with Crippen LogP contribution < -0.4 is 5.32 Å². The number of hydrogen-bond acceptors (Lipinski definition) is 5. The van der Waals surface area contributed by atoms with Gasteiger partial charge in [0.1, 0.15) is 23.1 Å². The molecule has 0 unspecified atom stereocenters. The van der Waals surface area contributed by atoms with E-state index in [9.17, 15) is 19.5 Å². The molecule has 3 aliphatic rings. The zero-order valence-electron chi connectivity index (χ0n) is 21.4. The summed E-state index contributed by atoms with van der Waals surface area (Å²) in [6.07, 6.45) is 3.74. The Labute approximate surface area is 202 Å². The van der Waals surface area contributed by atoms with Crippen molar-refractivity contribution in [1.82, 2.24) is 10.2 Å². The Bertz CT molecular complexity index is 785. The minimum Gasteiger partial charge on any atom is -0.480 e. The molecule has 0 spiro atoms. The van der Waals surface area contributed by atoms with Crippen molar-refractivity contribution in [3.8, 4) is 0 Å². The quantitative estimate of drug-likeness (QED) is 0.510. The summed E-state index contributed by atoms with van der Waals surface area (Å²) in [6.45, 7) is 16.3. The largest absolute Gasteiger partial charge is 0.480 e. The van der Waals surface area contributed by atoms with Crippen LogP contribution in [0.2, 0.25) is 0 Å². The number of carbonyl (C=O) groups excluding carboxylic acids is 2. The second-order valence-electron chi connectivity index (χ2n) is 11.4. The molecule has 1 aliphatic carbocycles. The van der Waals surface area contributed by atoms with Crippen molar-refractivity contribution in [2.24, 2.45) is 23.7 Å². The van der Waals surface area contributed by atoms with Gasteiger partial charge in [-0.2, -0.15) is 0 Å². The molecule has 188 valence electrons. The number of hydrogen-bond donors (Lipinski definition) is 2. The van der Waals surface area contributed by atoms with Crippen LogP contribution >= 0.6 is 11.8 Å². The Morgan fingerprint density at radius 2 is 1.91 bits per heavy atom. The van der Waals surface area contributed by atoms with Gasteiger partial charge in [-0.25, -0.2) is 4.79 Å². The van der Waals surface area contributed by atoms with Crippen LogP contribution in [0.5, 0.6) is 0 Å². The van der Waals surface area contributed by atoms with Gasteiger partial charge in [0.15, 0.2) is 0 Å². The number of nitrogens with zero attached hydrogens (tertiary/aromatic N) is 1. The van der Waals surface area contributed by atoms with Gasteiger partial charge in [-0.1, -0.05) is 48.0 Å². The molecule has 2 amide bonds. The molecular formula is C25H42N2O5S. The van der Waals surface area contributed by atoms with E-state index in [0.717, 1.165) is 12.8 Å². The molecule has 3 fully saturated rings. The molecule has 2 aliphatic heterocycles. The third-order valence-electron chi connectivity index (χ3n) is 8.13. The highest BCUT2D eigenvalue weighted by atomic mass is 32.2. The lowest BCUT2D eigenvalue weighted by Gasteiger charge is -2.47. The maximum absolute atomic E-state index is 13.8. The molecule has 7 nitrogen and oxygen atoms in total. The van der Waals surface area contributed by atoms with Crippen LogP contribution in [-0.2, 0) is 19.1 Å². The summed E-state index contributed by atoms with van der Waals surface area (Å²) in [5.41, 5.74) is -1.03. The Hall–Kier alpha value is -1.28. The van der Waals surface area contributed by atoms with Gasteiger partial charge in [-0.3, -0.25) is 9.59 Å². The smallest absolute Gasteiger partial charge is 0.327 e. The molecule has 2 heterocycles. The molecule has 2 N–H and O–H groups in total. The predicted octanol–water partition coefficient (Wildman–Crippen LogP) is 3.90. The summed E-state index contributed by atoms with van der Waals surface area (Å²) in [6, 6.07) is -1.61. The lowest BCUT2D eigenvalue weighted by Crippen LogP contribution is -2.72. The van der Waals surface area contributed by atoms with E-state index < -0.39 is 28.4 Å². The summed E-state index contributed by atoms with van der Waals surface area (Å²) in [7, 11) is 0. The summed E-state index contributed by atoms with van der Waals surface area (Å²) in [5, 5.41) is 12.3. The zero-order chi connectivity index (χ0) is 24.9. The van der Waals surface area contributed by atoms with Gasteiger partial charge in [-0.05, 0) is 56.8 Å². The molecule has 0 aromatic rings. The standard InChI is InChI=1S/C25H42N2O5S/c1-9-25(14(4)5,32-17-12-15(6)10-11-16(17)13(2)3)23(31)26-18-20(28)27-19(22(29)30)24(7,8)33-21(18)27/h13-19,21H,9-12H2,1-8H3,(H,26,31)(H,29,30)/t15-,16-,17-,18+,19-,21+,25+/m0/s1. The first-order valence-electron chi connectivity index (χ1n) is 12.5. The number of fused-ring (bicyclic) bond motifs is 1. The van der Waals surface area contributed by atoms with E-state index in [-0.39, 0.29) is 29.2 Å². The molecule has 2 saturated heterocycles. The summed E-state index contributed by atoms with van der Waals surface area (Å²) in [4.78, 5) is 39.9. The number of rotatable bonds is 8. The van der Waals surface area contributed by atoms with E-state index in [2.05, 4.69) is 26.1 Å². The summed E-state index contributed by atoms with van der Waals surface area (Å²) in [5.74, 6) is -0.219. The molecule has 0 radical (unpaired) electrons. The van der Waals surface area contributed by atoms with Crippen LogP contribution in [-0.4, -0.2) is 61.7 Å². The van der Waals surface area contributed by atoms with Crippen LogP contribution in [0, 0.1) is 23.7 Å². The average molecular weight is 483 g/mol. The van der Waals surface area contributed by atoms with E-state index in [0.29, 0.717) is 24.2 Å². The SMILES string of the molecule is CC[C@](O[C@H]1C[C@@H](C)CC[C@H]1C(C)C)(C(=O)N[C@@H]1C(=O)N2[C@@H]1SC(C)(C)[C@@H]2C(=O)O)C(C)C. The van der Waals surface area contributed by atoms with Crippen molar-refractivity contribution < 1.29 is 24.2 Å². The number of nitrogens with one attached hydrogen (secondary N) is 1. The van der Waals surface area contributed by atoms with Gasteiger partial charge in [0.05, 0.1) is 6.10 Å². The van der Waals surface area contributed by atoms with Crippen molar-refractivity contribution in [2.75, 3.05) is 0 Å². The highest BCUT2D eigenvalue weighted by Gasteiger charge is 2.64. The molecule has 7 atom stereocenters. The molecule has 33 heavy (non-hydrogen) atoms. The van der Waals surface area contributed by atoms with Gasteiger partial charge in [0.25, 0.3) is 5.91 Å². The molecule has 0 aromatic carbocycles. The molecule has 0 bridgehead atoms. The second-order valence-corrected chi connectivity index (χ2v) is 13.2. The highest BCUT2D eigenvalue weighted by molar-refractivity contribution is 8.01. The fraction of sp³-hybridized carbons (Fsp3) is 0.880. The van der Waals surface area contributed by atoms with E-state index in [1.54, 1.807) is 0 Å². The van der Waals surface area contributed by atoms with Crippen LogP contribution in [0.15, 0.2) is 0 Å².